The summed E-state index contributed by atoms with van der Waals surface area (Å²) in [5.41, 5.74) is 0.0640. The lowest BCUT2D eigenvalue weighted by Crippen LogP contribution is -2.43. The first-order valence-electron chi connectivity index (χ1n) is 5.62. The molecular weight excluding hydrogens is 236 g/mol. The lowest BCUT2D eigenvalue weighted by molar-refractivity contribution is -0.117. The molecule has 0 bridgehead atoms. The molecule has 0 heterocycles. The second-order valence-electron chi connectivity index (χ2n) is 4.35. The standard InChI is InChI=1S/C12H20N2O4/c1-6-10(15)13-12(4,5)8-9(3)14-18-11(16)17-7-2/h6H,1,7-8H2,2-5H3,(H,13,15). The van der Waals surface area contributed by atoms with Crippen molar-refractivity contribution < 1.29 is 19.2 Å². The molecule has 0 radical (unpaired) electrons. The van der Waals surface area contributed by atoms with E-state index < -0.39 is 11.7 Å². The van der Waals surface area contributed by atoms with Crippen LogP contribution in [0.2, 0.25) is 0 Å². The fourth-order valence-electron chi connectivity index (χ4n) is 1.36. The van der Waals surface area contributed by atoms with Crippen molar-refractivity contribution in [3.05, 3.63) is 12.7 Å². The molecule has 6 nitrogen and oxygen atoms in total. The molecule has 6 heteroatoms. The summed E-state index contributed by atoms with van der Waals surface area (Å²) in [6.45, 7) is 10.6. The molecule has 0 fully saturated rings. The molecule has 0 saturated heterocycles. The van der Waals surface area contributed by atoms with E-state index in [9.17, 15) is 9.59 Å². The van der Waals surface area contributed by atoms with Gasteiger partial charge in [-0.05, 0) is 33.8 Å². The largest absolute Gasteiger partial charge is 0.535 e. The van der Waals surface area contributed by atoms with Gasteiger partial charge in [0.1, 0.15) is 0 Å². The number of oxime groups is 1. The van der Waals surface area contributed by atoms with Gasteiger partial charge in [-0.15, -0.1) is 0 Å². The Labute approximate surface area is 107 Å². The van der Waals surface area contributed by atoms with Crippen molar-refractivity contribution >= 4 is 17.8 Å². The van der Waals surface area contributed by atoms with Gasteiger partial charge in [-0.2, -0.15) is 0 Å². The normalized spacial score (nSPS) is 11.7. The molecule has 0 saturated carbocycles. The number of rotatable bonds is 6. The monoisotopic (exact) mass is 256 g/mol. The summed E-state index contributed by atoms with van der Waals surface area (Å²) in [5, 5.41) is 6.37. The van der Waals surface area contributed by atoms with Crippen molar-refractivity contribution in [3.8, 4) is 0 Å². The summed E-state index contributed by atoms with van der Waals surface area (Å²) in [7, 11) is 0. The first-order chi connectivity index (χ1) is 8.30. The summed E-state index contributed by atoms with van der Waals surface area (Å²) < 4.78 is 4.55. The van der Waals surface area contributed by atoms with Crippen LogP contribution in [0.15, 0.2) is 17.8 Å². The average Bonchev–Trinajstić information content (AvgIpc) is 2.25. The van der Waals surface area contributed by atoms with Crippen molar-refractivity contribution in [2.75, 3.05) is 6.61 Å². The van der Waals surface area contributed by atoms with Crippen molar-refractivity contribution in [2.24, 2.45) is 5.16 Å². The zero-order valence-corrected chi connectivity index (χ0v) is 11.3. The third-order valence-electron chi connectivity index (χ3n) is 1.88. The Morgan fingerprint density at radius 1 is 1.44 bits per heavy atom. The first-order valence-corrected chi connectivity index (χ1v) is 5.62. The van der Waals surface area contributed by atoms with Gasteiger partial charge in [0.05, 0.1) is 12.3 Å². The van der Waals surface area contributed by atoms with Gasteiger partial charge in [0.2, 0.25) is 5.91 Å². The Morgan fingerprint density at radius 2 is 2.06 bits per heavy atom. The zero-order chi connectivity index (χ0) is 14.2. The number of hydrogen-bond donors (Lipinski definition) is 1. The Balaban J connectivity index is 4.31. The smallest absolute Gasteiger partial charge is 0.433 e. The van der Waals surface area contributed by atoms with E-state index in [2.05, 4.69) is 26.6 Å². The number of carbonyl (C=O) groups is 2. The van der Waals surface area contributed by atoms with Crippen LogP contribution in [-0.4, -0.2) is 29.9 Å². The van der Waals surface area contributed by atoms with E-state index in [0.29, 0.717) is 12.1 Å². The van der Waals surface area contributed by atoms with Gasteiger partial charge < -0.3 is 10.1 Å². The predicted octanol–water partition coefficient (Wildman–Crippen LogP) is 2.01. The van der Waals surface area contributed by atoms with Crippen LogP contribution in [0.25, 0.3) is 0 Å². The second-order valence-corrected chi connectivity index (χ2v) is 4.35. The number of ether oxygens (including phenoxy) is 1. The fraction of sp³-hybridized carbons (Fsp3) is 0.583. The lowest BCUT2D eigenvalue weighted by Gasteiger charge is -2.25. The topological polar surface area (TPSA) is 77.0 Å². The van der Waals surface area contributed by atoms with Crippen LogP contribution >= 0.6 is 0 Å². The highest BCUT2D eigenvalue weighted by Crippen LogP contribution is 2.10. The molecule has 0 rings (SSSR count). The molecule has 0 aliphatic rings. The van der Waals surface area contributed by atoms with Gasteiger partial charge in [0.25, 0.3) is 0 Å². The minimum Gasteiger partial charge on any atom is -0.433 e. The predicted molar refractivity (Wildman–Crippen MR) is 68.3 cm³/mol. The van der Waals surface area contributed by atoms with E-state index in [1.807, 2.05) is 13.8 Å². The van der Waals surface area contributed by atoms with Crippen LogP contribution in [0.5, 0.6) is 0 Å². The van der Waals surface area contributed by atoms with E-state index in [1.165, 1.54) is 6.08 Å². The summed E-state index contributed by atoms with van der Waals surface area (Å²) in [5.74, 6) is -0.265. The highest BCUT2D eigenvalue weighted by molar-refractivity contribution is 5.89. The molecule has 0 atom stereocenters. The summed E-state index contributed by atoms with van der Waals surface area (Å²) in [6, 6.07) is 0. The molecule has 102 valence electrons. The Kier molecular flexibility index (Phi) is 6.70. The van der Waals surface area contributed by atoms with Crippen LogP contribution in [-0.2, 0) is 14.4 Å². The number of nitrogens with one attached hydrogen (secondary N) is 1. The van der Waals surface area contributed by atoms with Crippen LogP contribution in [0.3, 0.4) is 0 Å². The van der Waals surface area contributed by atoms with Gasteiger partial charge in [-0.1, -0.05) is 11.7 Å². The molecule has 18 heavy (non-hydrogen) atoms. The van der Waals surface area contributed by atoms with Gasteiger partial charge in [0.15, 0.2) is 0 Å². The van der Waals surface area contributed by atoms with Gasteiger partial charge in [-0.25, -0.2) is 4.79 Å². The molecule has 0 aliphatic heterocycles. The third-order valence-corrected chi connectivity index (χ3v) is 1.88. The van der Waals surface area contributed by atoms with Crippen LogP contribution in [0.4, 0.5) is 4.79 Å². The molecule has 0 aromatic rings. The van der Waals surface area contributed by atoms with Crippen LogP contribution in [0, 0.1) is 0 Å². The zero-order valence-electron chi connectivity index (χ0n) is 11.3. The molecule has 0 aromatic carbocycles. The number of amides is 1. The van der Waals surface area contributed by atoms with Crippen molar-refractivity contribution in [3.63, 3.8) is 0 Å². The molecule has 0 unspecified atom stereocenters. The molecule has 0 spiro atoms. The van der Waals surface area contributed by atoms with Crippen LogP contribution in [0.1, 0.15) is 34.1 Å². The molecule has 0 aliphatic carbocycles. The van der Waals surface area contributed by atoms with Gasteiger partial charge >= 0.3 is 6.16 Å². The van der Waals surface area contributed by atoms with E-state index in [4.69, 9.17) is 0 Å². The summed E-state index contributed by atoms with van der Waals surface area (Å²) in [6.07, 6.45) is 0.791. The Morgan fingerprint density at radius 3 is 2.56 bits per heavy atom. The van der Waals surface area contributed by atoms with Crippen molar-refractivity contribution in [2.45, 2.75) is 39.7 Å². The molecular formula is C12H20N2O4. The minimum absolute atomic E-state index is 0.230. The van der Waals surface area contributed by atoms with Crippen LogP contribution < -0.4 is 5.32 Å². The summed E-state index contributed by atoms with van der Waals surface area (Å²) >= 11 is 0. The number of nitrogens with zero attached hydrogens (tertiary/aromatic N) is 1. The SMILES string of the molecule is C=CC(=O)NC(C)(C)CC(C)=NOC(=O)OCC. The highest BCUT2D eigenvalue weighted by Gasteiger charge is 2.20. The molecule has 1 amide bonds. The van der Waals surface area contributed by atoms with E-state index in [0.717, 1.165) is 0 Å². The minimum atomic E-state index is -0.843. The van der Waals surface area contributed by atoms with Crippen molar-refractivity contribution in [1.29, 1.82) is 0 Å². The average molecular weight is 256 g/mol. The highest BCUT2D eigenvalue weighted by atomic mass is 16.8. The quantitative estimate of drug-likeness (QED) is 0.259. The molecule has 0 aromatic heterocycles. The molecule has 1 N–H and O–H groups in total. The maximum atomic E-state index is 11.2. The van der Waals surface area contributed by atoms with Gasteiger partial charge in [0, 0.05) is 12.0 Å². The van der Waals surface area contributed by atoms with E-state index in [1.54, 1.807) is 13.8 Å². The van der Waals surface area contributed by atoms with E-state index in [-0.39, 0.29) is 12.5 Å². The van der Waals surface area contributed by atoms with Gasteiger partial charge in [-0.3, -0.25) is 9.63 Å². The van der Waals surface area contributed by atoms with Crippen molar-refractivity contribution in [1.82, 2.24) is 5.32 Å². The fourth-order valence-corrected chi connectivity index (χ4v) is 1.36. The lowest BCUT2D eigenvalue weighted by atomic mass is 9.98. The number of hydrogen-bond acceptors (Lipinski definition) is 5. The maximum absolute atomic E-state index is 11.2. The second kappa shape index (κ2) is 7.47. The third kappa shape index (κ3) is 7.43. The maximum Gasteiger partial charge on any atom is 0.535 e. The van der Waals surface area contributed by atoms with E-state index >= 15 is 0 Å². The summed E-state index contributed by atoms with van der Waals surface area (Å²) in [4.78, 5) is 26.6. The first kappa shape index (κ1) is 16.1. The Bertz CT molecular complexity index is 348. The number of carbonyl (C=O) groups excluding carboxylic acids is 2. The Hall–Kier alpha value is -1.85.